The number of thioether (sulfide) groups is 1. The summed E-state index contributed by atoms with van der Waals surface area (Å²) in [5.41, 5.74) is 8.79. The summed E-state index contributed by atoms with van der Waals surface area (Å²) in [6, 6.07) is 12.0. The lowest BCUT2D eigenvalue weighted by Crippen LogP contribution is -2.26. The minimum absolute atomic E-state index is 0.0475. The molecule has 2 atom stereocenters. The molecule has 4 N–H and O–H groups in total. The summed E-state index contributed by atoms with van der Waals surface area (Å²) in [6.07, 6.45) is 4.71. The maximum Gasteiger partial charge on any atom is 0.143 e. The quantitative estimate of drug-likeness (QED) is 0.626. The Bertz CT molecular complexity index is 947. The molecular weight excluding hydrogens is 384 g/mol. The normalized spacial score (nSPS) is 18.8. The summed E-state index contributed by atoms with van der Waals surface area (Å²) >= 11 is 1.24. The van der Waals surface area contributed by atoms with Crippen LogP contribution in [0, 0.1) is 28.6 Å². The SMILES string of the molecule is N#Cc1c(N)nc(SCCO)c(C#N)c1-c1ccc(C[C@H]2CCCC[C@@H]2O)cc1. The maximum atomic E-state index is 10.2. The van der Waals surface area contributed by atoms with Crippen molar-refractivity contribution in [2.75, 3.05) is 18.1 Å². The molecule has 0 spiro atoms. The lowest BCUT2D eigenvalue weighted by molar-refractivity contribution is 0.0700. The molecule has 1 aromatic carbocycles. The van der Waals surface area contributed by atoms with Crippen molar-refractivity contribution in [3.05, 3.63) is 41.0 Å². The second kappa shape index (κ2) is 9.76. The van der Waals surface area contributed by atoms with E-state index in [2.05, 4.69) is 17.1 Å². The van der Waals surface area contributed by atoms with Crippen LogP contribution >= 0.6 is 11.8 Å². The zero-order valence-electron chi connectivity index (χ0n) is 16.1. The van der Waals surface area contributed by atoms with Gasteiger partial charge in [0.1, 0.15) is 28.5 Å². The van der Waals surface area contributed by atoms with Crippen LogP contribution in [0.15, 0.2) is 29.3 Å². The van der Waals surface area contributed by atoms with Crippen molar-refractivity contribution < 1.29 is 10.2 Å². The van der Waals surface area contributed by atoms with Gasteiger partial charge in [-0.3, -0.25) is 0 Å². The first kappa shape index (κ1) is 21.1. The Balaban J connectivity index is 1.96. The topological polar surface area (TPSA) is 127 Å². The average Bonchev–Trinajstić information content (AvgIpc) is 2.74. The van der Waals surface area contributed by atoms with Crippen LogP contribution in [0.3, 0.4) is 0 Å². The van der Waals surface area contributed by atoms with E-state index in [0.717, 1.165) is 43.2 Å². The molecule has 0 amide bonds. The number of aliphatic hydroxyl groups is 2. The molecule has 2 aromatic rings. The highest BCUT2D eigenvalue weighted by atomic mass is 32.2. The molecular formula is C22H24N4O2S. The molecule has 150 valence electrons. The van der Waals surface area contributed by atoms with Crippen LogP contribution in [0.5, 0.6) is 0 Å². The Morgan fingerprint density at radius 3 is 2.41 bits per heavy atom. The van der Waals surface area contributed by atoms with Crippen molar-refractivity contribution in [2.24, 2.45) is 5.92 Å². The molecule has 0 saturated heterocycles. The third-order valence-electron chi connectivity index (χ3n) is 5.36. The van der Waals surface area contributed by atoms with Crippen molar-refractivity contribution in [1.82, 2.24) is 4.98 Å². The van der Waals surface area contributed by atoms with Gasteiger partial charge in [0.15, 0.2) is 0 Å². The molecule has 1 aromatic heterocycles. The molecule has 1 heterocycles. The van der Waals surface area contributed by atoms with Gasteiger partial charge in [-0.2, -0.15) is 10.5 Å². The maximum absolute atomic E-state index is 10.2. The van der Waals surface area contributed by atoms with Gasteiger partial charge in [-0.05, 0) is 36.3 Å². The molecule has 6 nitrogen and oxygen atoms in total. The van der Waals surface area contributed by atoms with Gasteiger partial charge in [0.2, 0.25) is 0 Å². The number of nitrogen functional groups attached to an aromatic ring is 1. The highest BCUT2D eigenvalue weighted by Crippen LogP contribution is 2.36. The molecule has 7 heteroatoms. The van der Waals surface area contributed by atoms with Gasteiger partial charge in [0.25, 0.3) is 0 Å². The lowest BCUT2D eigenvalue weighted by Gasteiger charge is -2.27. The first-order valence-corrected chi connectivity index (χ1v) is 10.7. The number of nitriles is 2. The molecule has 0 radical (unpaired) electrons. The Hall–Kier alpha value is -2.58. The largest absolute Gasteiger partial charge is 0.396 e. The Morgan fingerprint density at radius 2 is 1.79 bits per heavy atom. The van der Waals surface area contributed by atoms with Gasteiger partial charge in [-0.1, -0.05) is 37.1 Å². The molecule has 29 heavy (non-hydrogen) atoms. The highest BCUT2D eigenvalue weighted by molar-refractivity contribution is 7.99. The number of aromatic nitrogens is 1. The van der Waals surface area contributed by atoms with E-state index in [1.165, 1.54) is 11.8 Å². The summed E-state index contributed by atoms with van der Waals surface area (Å²) in [6.45, 7) is -0.0475. The van der Waals surface area contributed by atoms with Gasteiger partial charge < -0.3 is 15.9 Å². The zero-order chi connectivity index (χ0) is 20.8. The second-order valence-electron chi connectivity index (χ2n) is 7.24. The Kier molecular flexibility index (Phi) is 7.11. The minimum atomic E-state index is -0.245. The summed E-state index contributed by atoms with van der Waals surface area (Å²) in [5.74, 6) is 0.739. The molecule has 1 fully saturated rings. The van der Waals surface area contributed by atoms with Gasteiger partial charge in [0.05, 0.1) is 18.3 Å². The van der Waals surface area contributed by atoms with Crippen LogP contribution in [-0.4, -0.2) is 33.7 Å². The summed E-state index contributed by atoms with van der Waals surface area (Å²) in [4.78, 5) is 4.20. The molecule has 0 unspecified atom stereocenters. The van der Waals surface area contributed by atoms with Crippen LogP contribution < -0.4 is 5.73 Å². The number of nitrogens with zero attached hydrogens (tertiary/aromatic N) is 3. The summed E-state index contributed by atoms with van der Waals surface area (Å²) < 4.78 is 0. The van der Waals surface area contributed by atoms with Gasteiger partial charge in [0, 0.05) is 11.3 Å². The fourth-order valence-corrected chi connectivity index (χ4v) is 4.61. The van der Waals surface area contributed by atoms with Crippen molar-refractivity contribution in [3.63, 3.8) is 0 Å². The smallest absolute Gasteiger partial charge is 0.143 e. The number of anilines is 1. The summed E-state index contributed by atoms with van der Waals surface area (Å²) in [7, 11) is 0. The van der Waals surface area contributed by atoms with E-state index in [9.17, 15) is 15.6 Å². The molecule has 0 bridgehead atoms. The van der Waals surface area contributed by atoms with Crippen LogP contribution in [-0.2, 0) is 6.42 Å². The molecule has 3 rings (SSSR count). The number of aliphatic hydroxyl groups excluding tert-OH is 2. The van der Waals surface area contributed by atoms with Gasteiger partial charge >= 0.3 is 0 Å². The first-order chi connectivity index (χ1) is 14.1. The standard InChI is InChI=1S/C22H24N4O2S/c23-12-17-20(18(13-24)22(26-21(17)25)29-10-9-27)15-7-5-14(6-8-15)11-16-3-1-2-4-19(16)28/h5-8,16,19,27-28H,1-4,9-11H2,(H2,25,26)/t16-,19+/m1/s1. The average molecular weight is 409 g/mol. The monoisotopic (exact) mass is 408 g/mol. The fourth-order valence-electron chi connectivity index (χ4n) is 3.87. The first-order valence-electron chi connectivity index (χ1n) is 9.73. The molecule has 0 aliphatic heterocycles. The van der Waals surface area contributed by atoms with Crippen LogP contribution in [0.2, 0.25) is 0 Å². The van der Waals surface area contributed by atoms with E-state index >= 15 is 0 Å². The summed E-state index contributed by atoms with van der Waals surface area (Å²) in [5, 5.41) is 39.1. The Labute approximate surface area is 175 Å². The van der Waals surface area contributed by atoms with Crippen molar-refractivity contribution in [1.29, 1.82) is 10.5 Å². The van der Waals surface area contributed by atoms with Gasteiger partial charge in [-0.25, -0.2) is 4.98 Å². The number of pyridine rings is 1. The van der Waals surface area contributed by atoms with Crippen molar-refractivity contribution in [3.8, 4) is 23.3 Å². The fraction of sp³-hybridized carbons (Fsp3) is 0.409. The number of nitrogens with two attached hydrogens (primary N) is 1. The second-order valence-corrected chi connectivity index (χ2v) is 8.32. The van der Waals surface area contributed by atoms with Crippen molar-refractivity contribution >= 4 is 17.6 Å². The van der Waals surface area contributed by atoms with E-state index in [4.69, 9.17) is 10.8 Å². The van der Waals surface area contributed by atoms with Crippen LogP contribution in [0.4, 0.5) is 5.82 Å². The van der Waals surface area contributed by atoms with Crippen LogP contribution in [0.25, 0.3) is 11.1 Å². The lowest BCUT2D eigenvalue weighted by atomic mass is 9.82. The predicted octanol–water partition coefficient (Wildman–Crippen LogP) is 3.25. The predicted molar refractivity (Wildman–Crippen MR) is 113 cm³/mol. The zero-order valence-corrected chi connectivity index (χ0v) is 17.0. The van der Waals surface area contributed by atoms with E-state index in [-0.39, 0.29) is 30.0 Å². The van der Waals surface area contributed by atoms with E-state index < -0.39 is 0 Å². The third-order valence-corrected chi connectivity index (χ3v) is 6.31. The number of benzene rings is 1. The molecule has 1 saturated carbocycles. The van der Waals surface area contributed by atoms with Gasteiger partial charge in [-0.15, -0.1) is 11.8 Å². The van der Waals surface area contributed by atoms with E-state index in [1.54, 1.807) is 0 Å². The molecule has 1 aliphatic rings. The van der Waals surface area contributed by atoms with E-state index in [0.29, 0.717) is 21.9 Å². The number of hydrogen-bond donors (Lipinski definition) is 3. The highest BCUT2D eigenvalue weighted by Gasteiger charge is 2.24. The number of rotatable bonds is 6. The number of hydrogen-bond acceptors (Lipinski definition) is 7. The third kappa shape index (κ3) is 4.71. The molecule has 1 aliphatic carbocycles. The van der Waals surface area contributed by atoms with Crippen molar-refractivity contribution in [2.45, 2.75) is 43.2 Å². The van der Waals surface area contributed by atoms with E-state index in [1.807, 2.05) is 24.3 Å². The van der Waals surface area contributed by atoms with Crippen LogP contribution in [0.1, 0.15) is 42.4 Å². The minimum Gasteiger partial charge on any atom is -0.396 e. The Morgan fingerprint density at radius 1 is 1.10 bits per heavy atom.